The fourth-order valence-corrected chi connectivity index (χ4v) is 4.93. The van der Waals surface area contributed by atoms with Gasteiger partial charge in [-0.1, -0.05) is 54.6 Å². The third-order valence-corrected chi connectivity index (χ3v) is 6.90. The Bertz CT molecular complexity index is 2230. The van der Waals surface area contributed by atoms with Gasteiger partial charge in [0.2, 0.25) is 0 Å². The molecule has 0 radical (unpaired) electrons. The molecule has 0 unspecified atom stereocenters. The van der Waals surface area contributed by atoms with E-state index in [2.05, 4.69) is 72.4 Å². The van der Waals surface area contributed by atoms with E-state index in [4.69, 9.17) is 11.3 Å². The summed E-state index contributed by atoms with van der Waals surface area (Å²) in [4.78, 5) is 37.3. The van der Waals surface area contributed by atoms with Gasteiger partial charge >= 0.3 is 0 Å². The Morgan fingerprint density at radius 1 is 0.488 bits per heavy atom. The largest absolute Gasteiger partial charge is 0.276 e. The molecule has 4 aromatic carbocycles. The number of nitrogens with zero attached hydrogens (tertiary/aromatic N) is 9. The van der Waals surface area contributed by atoms with Crippen LogP contribution in [0.1, 0.15) is 1.37 Å². The second-order valence-electron chi connectivity index (χ2n) is 9.42. The van der Waals surface area contributed by atoms with Crippen molar-refractivity contribution in [3.8, 4) is 11.1 Å². The summed E-state index contributed by atoms with van der Waals surface area (Å²) in [5.74, 6) is 0.902. The number of hydrogen-bond donors (Lipinski definition) is 0. The Morgan fingerprint density at radius 2 is 1.02 bits per heavy atom. The second-order valence-corrected chi connectivity index (χ2v) is 9.42. The Labute approximate surface area is 234 Å². The topological polar surface area (TPSA) is 106 Å². The predicted octanol–water partition coefficient (Wildman–Crippen LogP) is 6.60. The molecule has 0 aliphatic heterocycles. The third kappa shape index (κ3) is 4.12. The monoisotopic (exact) mass is 530 g/mol. The standard InChI is InChI=1S/C32H19N9/c1-2-4-21-15-22(6-5-20(21)3-1)23-7-8-25-17-26(10-9-24(25)16-23)41(27-18-37-29-31(39-27)35-13-11-33-29)28-19-38-30-32(40-28)36-14-12-34-30/h1-19H/i9D. The van der Waals surface area contributed by atoms with Gasteiger partial charge in [0.05, 0.1) is 13.8 Å². The molecular formula is C32H19N9. The van der Waals surface area contributed by atoms with Crippen molar-refractivity contribution in [2.24, 2.45) is 0 Å². The lowest BCUT2D eigenvalue weighted by Crippen LogP contribution is -2.14. The molecule has 0 bridgehead atoms. The number of aromatic nitrogens is 8. The van der Waals surface area contributed by atoms with Crippen LogP contribution in [0.2, 0.25) is 0 Å². The quantitative estimate of drug-likeness (QED) is 0.249. The molecule has 0 amide bonds. The highest BCUT2D eigenvalue weighted by Gasteiger charge is 2.19. The van der Waals surface area contributed by atoms with Gasteiger partial charge in [-0.25, -0.2) is 39.9 Å². The van der Waals surface area contributed by atoms with Crippen molar-refractivity contribution in [3.63, 3.8) is 0 Å². The van der Waals surface area contributed by atoms with E-state index in [1.165, 1.54) is 10.8 Å². The average Bonchev–Trinajstić information content (AvgIpc) is 3.04. The van der Waals surface area contributed by atoms with E-state index >= 15 is 0 Å². The maximum absolute atomic E-state index is 9.03. The van der Waals surface area contributed by atoms with E-state index in [1.807, 2.05) is 24.3 Å². The van der Waals surface area contributed by atoms with Crippen molar-refractivity contribution in [1.82, 2.24) is 39.9 Å². The lowest BCUT2D eigenvalue weighted by molar-refractivity contribution is 1.07. The molecule has 0 saturated heterocycles. The van der Waals surface area contributed by atoms with Crippen molar-refractivity contribution in [1.29, 1.82) is 0 Å². The summed E-state index contributed by atoms with van der Waals surface area (Å²) >= 11 is 0. The van der Waals surface area contributed by atoms with Crippen LogP contribution in [0.15, 0.2) is 116 Å². The molecule has 0 saturated carbocycles. The summed E-state index contributed by atoms with van der Waals surface area (Å²) < 4.78 is 9.03. The van der Waals surface area contributed by atoms with Crippen molar-refractivity contribution >= 4 is 61.5 Å². The Kier molecular flexibility index (Phi) is 5.00. The summed E-state index contributed by atoms with van der Waals surface area (Å²) in [6.45, 7) is 0. The summed E-state index contributed by atoms with van der Waals surface area (Å²) in [7, 11) is 0. The zero-order valence-electron chi connectivity index (χ0n) is 22.4. The number of rotatable bonds is 4. The number of hydrogen-bond acceptors (Lipinski definition) is 9. The first-order valence-corrected chi connectivity index (χ1v) is 12.9. The van der Waals surface area contributed by atoms with Gasteiger partial charge in [0, 0.05) is 30.5 Å². The molecule has 8 rings (SSSR count). The van der Waals surface area contributed by atoms with Crippen molar-refractivity contribution < 1.29 is 1.37 Å². The van der Waals surface area contributed by atoms with E-state index in [0.29, 0.717) is 46.0 Å². The Hall–Kier alpha value is -5.96. The molecule has 4 heterocycles. The smallest absolute Gasteiger partial charge is 0.199 e. The highest BCUT2D eigenvalue weighted by molar-refractivity contribution is 5.93. The van der Waals surface area contributed by atoms with Gasteiger partial charge in [0.15, 0.2) is 34.2 Å². The maximum atomic E-state index is 9.03. The number of fused-ring (bicyclic) bond motifs is 4. The van der Waals surface area contributed by atoms with Crippen LogP contribution in [0, 0.1) is 0 Å². The molecule has 9 heteroatoms. The fourth-order valence-electron chi connectivity index (χ4n) is 4.93. The molecule has 0 aliphatic rings. The van der Waals surface area contributed by atoms with E-state index in [1.54, 1.807) is 48.1 Å². The third-order valence-electron chi connectivity index (χ3n) is 6.90. The molecule has 41 heavy (non-hydrogen) atoms. The summed E-state index contributed by atoms with van der Waals surface area (Å²) in [5, 5.41) is 4.09. The van der Waals surface area contributed by atoms with Crippen LogP contribution in [-0.4, -0.2) is 39.9 Å². The van der Waals surface area contributed by atoms with Crippen LogP contribution in [0.3, 0.4) is 0 Å². The van der Waals surface area contributed by atoms with E-state index in [-0.39, 0.29) is 0 Å². The van der Waals surface area contributed by atoms with Crippen LogP contribution < -0.4 is 4.90 Å². The van der Waals surface area contributed by atoms with Crippen LogP contribution in [0.5, 0.6) is 0 Å². The average molecular weight is 531 g/mol. The summed E-state index contributed by atoms with van der Waals surface area (Å²) in [6, 6.07) is 25.1. The van der Waals surface area contributed by atoms with Gasteiger partial charge < -0.3 is 0 Å². The van der Waals surface area contributed by atoms with Gasteiger partial charge in [-0.15, -0.1) is 0 Å². The van der Waals surface area contributed by atoms with Crippen molar-refractivity contribution in [2.45, 2.75) is 0 Å². The molecule has 0 atom stereocenters. The highest BCUT2D eigenvalue weighted by atomic mass is 15.3. The second kappa shape index (κ2) is 9.35. The van der Waals surface area contributed by atoms with Gasteiger partial charge in [0.25, 0.3) is 0 Å². The van der Waals surface area contributed by atoms with Crippen LogP contribution in [-0.2, 0) is 0 Å². The molecule has 8 aromatic rings. The molecule has 0 N–H and O–H groups in total. The molecule has 0 aliphatic carbocycles. The SMILES string of the molecule is [2H]c1cc(N(c2cnc3nccnc3n2)c2cnc3nccnc3n2)cc2ccc(-c3ccc4ccccc4c3)cc12. The minimum Gasteiger partial charge on any atom is -0.276 e. The van der Waals surface area contributed by atoms with Crippen LogP contribution >= 0.6 is 0 Å². The van der Waals surface area contributed by atoms with E-state index < -0.39 is 0 Å². The summed E-state index contributed by atoms with van der Waals surface area (Å²) in [6.07, 6.45) is 9.50. The Morgan fingerprint density at radius 3 is 1.68 bits per heavy atom. The number of benzene rings is 4. The zero-order valence-corrected chi connectivity index (χ0v) is 21.4. The lowest BCUT2D eigenvalue weighted by atomic mass is 9.98. The molecule has 0 spiro atoms. The van der Waals surface area contributed by atoms with Crippen molar-refractivity contribution in [2.75, 3.05) is 4.90 Å². The Balaban J connectivity index is 1.28. The molecule has 4 aromatic heterocycles. The molecule has 0 fully saturated rings. The van der Waals surface area contributed by atoms with Crippen molar-refractivity contribution in [3.05, 3.63) is 116 Å². The van der Waals surface area contributed by atoms with E-state index in [0.717, 1.165) is 21.9 Å². The van der Waals surface area contributed by atoms with E-state index in [9.17, 15) is 0 Å². The van der Waals surface area contributed by atoms with Crippen LogP contribution in [0.4, 0.5) is 17.3 Å². The first-order valence-electron chi connectivity index (χ1n) is 13.4. The minimum atomic E-state index is 0.359. The zero-order chi connectivity index (χ0) is 28.0. The minimum absolute atomic E-state index is 0.359. The van der Waals surface area contributed by atoms with Crippen LogP contribution in [0.25, 0.3) is 55.3 Å². The first kappa shape index (κ1) is 21.9. The molecule has 9 nitrogen and oxygen atoms in total. The summed E-state index contributed by atoms with van der Waals surface area (Å²) in [5.41, 5.74) is 4.45. The normalized spacial score (nSPS) is 11.8. The fraction of sp³-hybridized carbons (Fsp3) is 0. The lowest BCUT2D eigenvalue weighted by Gasteiger charge is -2.23. The van der Waals surface area contributed by atoms with Gasteiger partial charge in [-0.2, -0.15) is 0 Å². The molecule has 192 valence electrons. The predicted molar refractivity (Wildman–Crippen MR) is 159 cm³/mol. The van der Waals surface area contributed by atoms with Gasteiger partial charge in [-0.3, -0.25) is 4.90 Å². The maximum Gasteiger partial charge on any atom is 0.199 e. The van der Waals surface area contributed by atoms with Gasteiger partial charge in [-0.05, 0) is 56.9 Å². The van der Waals surface area contributed by atoms with Gasteiger partial charge in [0.1, 0.15) is 0 Å². The molecular weight excluding hydrogens is 510 g/mol. The first-order chi connectivity index (χ1) is 20.7. The number of anilines is 3. The highest BCUT2D eigenvalue weighted by Crippen LogP contribution is 2.35.